The van der Waals surface area contributed by atoms with E-state index in [-0.39, 0.29) is 5.91 Å². The van der Waals surface area contributed by atoms with Crippen LogP contribution in [0, 0.1) is 5.82 Å². The predicted molar refractivity (Wildman–Crippen MR) is 94.2 cm³/mol. The highest BCUT2D eigenvalue weighted by molar-refractivity contribution is 5.94. The van der Waals surface area contributed by atoms with Crippen molar-refractivity contribution in [3.8, 4) is 17.1 Å². The Morgan fingerprint density at radius 1 is 1.12 bits per heavy atom. The van der Waals surface area contributed by atoms with Crippen LogP contribution in [0.3, 0.4) is 0 Å². The van der Waals surface area contributed by atoms with Crippen LogP contribution in [0.15, 0.2) is 60.9 Å². The molecular formula is C19H15FN4O2. The Morgan fingerprint density at radius 2 is 1.88 bits per heavy atom. The molecule has 2 heterocycles. The molecule has 3 aromatic rings. The fraction of sp³-hybridized carbons (Fsp3) is 0.105. The Hall–Kier alpha value is -3.48. The number of hydrogen-bond donors (Lipinski definition) is 1. The first kappa shape index (κ1) is 16.0. The number of anilines is 1. The van der Waals surface area contributed by atoms with Gasteiger partial charge in [0.15, 0.2) is 5.82 Å². The van der Waals surface area contributed by atoms with Gasteiger partial charge in [0.1, 0.15) is 23.9 Å². The lowest BCUT2D eigenvalue weighted by atomic mass is 10.2. The average Bonchev–Trinajstić information content (AvgIpc) is 2.69. The molecule has 0 saturated heterocycles. The van der Waals surface area contributed by atoms with Crippen LogP contribution in [0.2, 0.25) is 0 Å². The molecule has 2 aromatic carbocycles. The maximum absolute atomic E-state index is 13.5. The summed E-state index contributed by atoms with van der Waals surface area (Å²) >= 11 is 0. The first-order valence-electron chi connectivity index (χ1n) is 8.09. The van der Waals surface area contributed by atoms with E-state index in [0.29, 0.717) is 36.0 Å². The van der Waals surface area contributed by atoms with Gasteiger partial charge in [-0.2, -0.15) is 0 Å². The van der Waals surface area contributed by atoms with Crippen LogP contribution >= 0.6 is 0 Å². The lowest BCUT2D eigenvalue weighted by Gasteiger charge is -2.31. The topological polar surface area (TPSA) is 67.4 Å². The molecule has 1 N–H and O–H groups in total. The maximum atomic E-state index is 13.5. The third-order valence-electron chi connectivity index (χ3n) is 3.97. The molecule has 0 bridgehead atoms. The van der Waals surface area contributed by atoms with Crippen molar-refractivity contribution < 1.29 is 13.9 Å². The number of carbonyl (C=O) groups excluding carboxylic acids is 1. The van der Waals surface area contributed by atoms with E-state index >= 15 is 0 Å². The first-order chi connectivity index (χ1) is 12.7. The van der Waals surface area contributed by atoms with Crippen molar-refractivity contribution in [1.82, 2.24) is 15.4 Å². The van der Waals surface area contributed by atoms with Crippen LogP contribution in [0.4, 0.5) is 10.1 Å². The van der Waals surface area contributed by atoms with E-state index in [9.17, 15) is 9.18 Å². The molecule has 0 atom stereocenters. The Bertz CT molecular complexity index is 932. The van der Waals surface area contributed by atoms with Crippen molar-refractivity contribution in [1.29, 1.82) is 0 Å². The number of fused-ring (bicyclic) bond motifs is 1. The second-order valence-corrected chi connectivity index (χ2v) is 5.71. The summed E-state index contributed by atoms with van der Waals surface area (Å²) in [6.07, 6.45) is 2.94. The Morgan fingerprint density at radius 3 is 2.65 bits per heavy atom. The number of hydrazine groups is 1. The summed E-state index contributed by atoms with van der Waals surface area (Å²) in [6, 6.07) is 13.7. The summed E-state index contributed by atoms with van der Waals surface area (Å²) in [5, 5.41) is 1.56. The largest absolute Gasteiger partial charge is 0.489 e. The molecule has 130 valence electrons. The molecule has 0 fully saturated rings. The number of amides is 1. The zero-order chi connectivity index (χ0) is 17.9. The van der Waals surface area contributed by atoms with Crippen LogP contribution in [0.5, 0.6) is 5.75 Å². The molecule has 4 rings (SSSR count). The minimum absolute atomic E-state index is 0.314. The third-order valence-corrected chi connectivity index (χ3v) is 3.97. The number of hydrogen-bond acceptors (Lipinski definition) is 5. The van der Waals surface area contributed by atoms with Crippen LogP contribution in [0.25, 0.3) is 11.4 Å². The van der Waals surface area contributed by atoms with Crippen molar-refractivity contribution >= 4 is 11.6 Å². The van der Waals surface area contributed by atoms with Gasteiger partial charge in [-0.1, -0.05) is 30.3 Å². The highest BCUT2D eigenvalue weighted by Crippen LogP contribution is 2.31. The van der Waals surface area contributed by atoms with E-state index in [2.05, 4.69) is 15.4 Å². The molecule has 1 aliphatic rings. The van der Waals surface area contributed by atoms with Gasteiger partial charge in [-0.3, -0.25) is 15.2 Å². The van der Waals surface area contributed by atoms with Gasteiger partial charge < -0.3 is 4.74 Å². The minimum atomic E-state index is -0.399. The number of nitrogens with zero attached hydrogens (tertiary/aromatic N) is 3. The molecule has 26 heavy (non-hydrogen) atoms. The number of aromatic nitrogens is 2. The van der Waals surface area contributed by atoms with E-state index in [1.165, 1.54) is 24.5 Å². The molecular weight excluding hydrogens is 335 g/mol. The molecule has 0 radical (unpaired) electrons. The molecule has 0 saturated carbocycles. The lowest BCUT2D eigenvalue weighted by Crippen LogP contribution is -2.46. The SMILES string of the molecule is O=C(NN1CCOc2ccc(F)cc21)c1cnc(-c2ccccc2)nc1. The average molecular weight is 350 g/mol. The summed E-state index contributed by atoms with van der Waals surface area (Å²) in [4.78, 5) is 21.0. The summed E-state index contributed by atoms with van der Waals surface area (Å²) in [5.74, 6) is 0.292. The third kappa shape index (κ3) is 3.19. The molecule has 0 spiro atoms. The quantitative estimate of drug-likeness (QED) is 0.787. The summed E-state index contributed by atoms with van der Waals surface area (Å²) in [7, 11) is 0. The standard InChI is InChI=1S/C19H15FN4O2/c20-15-6-7-17-16(10-15)24(8-9-26-17)23-19(25)14-11-21-18(22-12-14)13-4-2-1-3-5-13/h1-7,10-12H,8-9H2,(H,23,25). The molecule has 0 unspecified atom stereocenters. The van der Waals surface area contributed by atoms with Gasteiger partial charge in [-0.15, -0.1) is 0 Å². The smallest absolute Gasteiger partial charge is 0.272 e. The van der Waals surface area contributed by atoms with Crippen LogP contribution in [-0.2, 0) is 0 Å². The normalized spacial score (nSPS) is 12.9. The molecule has 6 nitrogen and oxygen atoms in total. The number of nitrogens with one attached hydrogen (secondary N) is 1. The number of carbonyl (C=O) groups is 1. The van der Waals surface area contributed by atoms with Crippen LogP contribution in [0.1, 0.15) is 10.4 Å². The van der Waals surface area contributed by atoms with Gasteiger partial charge in [0.05, 0.1) is 12.1 Å². The van der Waals surface area contributed by atoms with Gasteiger partial charge in [0.25, 0.3) is 5.91 Å². The van der Waals surface area contributed by atoms with Gasteiger partial charge in [-0.05, 0) is 12.1 Å². The maximum Gasteiger partial charge on any atom is 0.272 e. The molecule has 1 aliphatic heterocycles. The lowest BCUT2D eigenvalue weighted by molar-refractivity contribution is 0.0944. The zero-order valence-electron chi connectivity index (χ0n) is 13.7. The monoisotopic (exact) mass is 350 g/mol. The van der Waals surface area contributed by atoms with Crippen molar-refractivity contribution in [3.05, 3.63) is 72.3 Å². The minimum Gasteiger partial charge on any atom is -0.489 e. The Labute approximate surface area is 149 Å². The first-order valence-corrected chi connectivity index (χ1v) is 8.09. The molecule has 7 heteroatoms. The Balaban J connectivity index is 1.52. The fourth-order valence-electron chi connectivity index (χ4n) is 2.68. The molecule has 1 amide bonds. The molecule has 0 aliphatic carbocycles. The van der Waals surface area contributed by atoms with E-state index in [4.69, 9.17) is 4.74 Å². The van der Waals surface area contributed by atoms with Crippen molar-refractivity contribution in [2.75, 3.05) is 18.2 Å². The number of halogens is 1. The fourth-order valence-corrected chi connectivity index (χ4v) is 2.68. The molecule has 1 aromatic heterocycles. The highest BCUT2D eigenvalue weighted by atomic mass is 19.1. The van der Waals surface area contributed by atoms with E-state index in [1.807, 2.05) is 30.3 Å². The van der Waals surface area contributed by atoms with Crippen LogP contribution in [-0.4, -0.2) is 29.0 Å². The zero-order valence-corrected chi connectivity index (χ0v) is 13.7. The van der Waals surface area contributed by atoms with Gasteiger partial charge in [0, 0.05) is 24.0 Å². The second-order valence-electron chi connectivity index (χ2n) is 5.71. The second kappa shape index (κ2) is 6.79. The summed E-state index contributed by atoms with van der Waals surface area (Å²) < 4.78 is 19.0. The van der Waals surface area contributed by atoms with Crippen LogP contribution < -0.4 is 15.2 Å². The van der Waals surface area contributed by atoms with Gasteiger partial charge in [-0.25, -0.2) is 14.4 Å². The van der Waals surface area contributed by atoms with E-state index in [0.717, 1.165) is 5.56 Å². The predicted octanol–water partition coefficient (Wildman–Crippen LogP) is 2.83. The van der Waals surface area contributed by atoms with E-state index in [1.54, 1.807) is 11.1 Å². The highest BCUT2D eigenvalue weighted by Gasteiger charge is 2.21. The number of rotatable bonds is 3. The van der Waals surface area contributed by atoms with Crippen molar-refractivity contribution in [2.45, 2.75) is 0 Å². The summed E-state index contributed by atoms with van der Waals surface area (Å²) in [6.45, 7) is 0.799. The van der Waals surface area contributed by atoms with Gasteiger partial charge >= 0.3 is 0 Å². The van der Waals surface area contributed by atoms with Crippen molar-refractivity contribution in [2.24, 2.45) is 0 Å². The number of ether oxygens (including phenoxy) is 1. The Kier molecular flexibility index (Phi) is 4.18. The number of benzene rings is 2. The van der Waals surface area contributed by atoms with Crippen molar-refractivity contribution in [3.63, 3.8) is 0 Å². The summed E-state index contributed by atoms with van der Waals surface area (Å²) in [5.41, 5.74) is 4.41. The van der Waals surface area contributed by atoms with E-state index < -0.39 is 5.82 Å². The van der Waals surface area contributed by atoms with Gasteiger partial charge in [0.2, 0.25) is 0 Å².